The third-order valence-electron chi connectivity index (χ3n) is 6.56. The van der Waals surface area contributed by atoms with Gasteiger partial charge in [-0.3, -0.25) is 4.99 Å². The molecule has 0 bridgehead atoms. The minimum absolute atomic E-state index is 0.0834. The Kier molecular flexibility index (Phi) is 5.42. The van der Waals surface area contributed by atoms with Crippen LogP contribution in [0.1, 0.15) is 47.9 Å². The molecule has 156 valence electrons. The third-order valence-corrected chi connectivity index (χ3v) is 8.44. The van der Waals surface area contributed by atoms with Crippen molar-refractivity contribution in [3.8, 4) is 17.2 Å². The van der Waals surface area contributed by atoms with Gasteiger partial charge in [-0.25, -0.2) is 8.42 Å². The van der Waals surface area contributed by atoms with Gasteiger partial charge >= 0.3 is 0 Å². The minimum atomic E-state index is -3.36. The number of sulfone groups is 1. The molecule has 2 aromatic carbocycles. The second kappa shape index (κ2) is 7.88. The van der Waals surface area contributed by atoms with Crippen LogP contribution in [-0.2, 0) is 16.4 Å². The quantitative estimate of drug-likeness (QED) is 0.796. The number of nitriles is 1. The first-order chi connectivity index (χ1) is 14.3. The van der Waals surface area contributed by atoms with E-state index in [1.807, 2.05) is 19.9 Å². The summed E-state index contributed by atoms with van der Waals surface area (Å²) in [6.07, 6.45) is 3.23. The molecule has 2 aromatic rings. The molecule has 4 rings (SSSR count). The first-order valence-corrected chi connectivity index (χ1v) is 12.1. The van der Waals surface area contributed by atoms with Crippen molar-refractivity contribution < 1.29 is 8.42 Å². The molecular formula is C24H27N3O2S. The highest BCUT2D eigenvalue weighted by Gasteiger charge is 2.27. The van der Waals surface area contributed by atoms with E-state index in [4.69, 9.17) is 11.0 Å². The number of rotatable bonds is 4. The van der Waals surface area contributed by atoms with Gasteiger partial charge in [-0.1, -0.05) is 18.2 Å². The van der Waals surface area contributed by atoms with Gasteiger partial charge in [-0.05, 0) is 85.4 Å². The lowest BCUT2D eigenvalue weighted by Crippen LogP contribution is -2.21. The van der Waals surface area contributed by atoms with Gasteiger partial charge in [-0.2, -0.15) is 5.26 Å². The second-order valence-corrected chi connectivity index (χ2v) is 10.6. The van der Waals surface area contributed by atoms with E-state index >= 15 is 0 Å². The van der Waals surface area contributed by atoms with Crippen LogP contribution in [0.3, 0.4) is 0 Å². The summed E-state index contributed by atoms with van der Waals surface area (Å²) in [7, 11) is -3.36. The van der Waals surface area contributed by atoms with E-state index in [9.17, 15) is 8.42 Å². The van der Waals surface area contributed by atoms with Crippen molar-refractivity contribution in [2.75, 3.05) is 5.75 Å². The summed E-state index contributed by atoms with van der Waals surface area (Å²) < 4.78 is 26.0. The Balaban J connectivity index is 1.59. The number of amidine groups is 1. The Hall–Kier alpha value is -2.65. The van der Waals surface area contributed by atoms with Gasteiger partial charge in [0.05, 0.1) is 23.3 Å². The largest absolute Gasteiger partial charge is 0.383 e. The zero-order valence-electron chi connectivity index (χ0n) is 17.5. The third kappa shape index (κ3) is 3.75. The Morgan fingerprint density at radius 2 is 1.80 bits per heavy atom. The number of aliphatic imine (C=N–C) groups is 1. The van der Waals surface area contributed by atoms with E-state index in [2.05, 4.69) is 23.2 Å². The molecule has 0 aromatic heterocycles. The van der Waals surface area contributed by atoms with Crippen LogP contribution >= 0.6 is 0 Å². The maximum atomic E-state index is 13.0. The van der Waals surface area contributed by atoms with Gasteiger partial charge in [0, 0.05) is 11.5 Å². The topological polar surface area (TPSA) is 96.3 Å². The molecule has 0 amide bonds. The number of hydrogen-bond donors (Lipinski definition) is 1. The van der Waals surface area contributed by atoms with Crippen molar-refractivity contribution in [3.05, 3.63) is 52.6 Å². The second-order valence-electron chi connectivity index (χ2n) is 8.58. The molecule has 1 fully saturated rings. The molecule has 0 spiro atoms. The van der Waals surface area contributed by atoms with E-state index in [1.54, 1.807) is 12.1 Å². The molecule has 0 atom stereocenters. The van der Waals surface area contributed by atoms with Crippen molar-refractivity contribution in [2.24, 2.45) is 22.6 Å². The summed E-state index contributed by atoms with van der Waals surface area (Å²) in [5, 5.41) is 9.04. The summed E-state index contributed by atoms with van der Waals surface area (Å²) in [6, 6.07) is 11.9. The van der Waals surface area contributed by atoms with Crippen LogP contribution in [0.25, 0.3) is 11.1 Å². The first-order valence-electron chi connectivity index (χ1n) is 10.5. The van der Waals surface area contributed by atoms with E-state index in [0.717, 1.165) is 59.1 Å². The van der Waals surface area contributed by atoms with Crippen LogP contribution in [0.5, 0.6) is 0 Å². The molecule has 6 heteroatoms. The molecule has 2 N–H and O–H groups in total. The fraction of sp³-hybridized carbons (Fsp3) is 0.417. The predicted octanol–water partition coefficient (Wildman–Crippen LogP) is 4.29. The molecule has 1 aliphatic heterocycles. The van der Waals surface area contributed by atoms with Crippen LogP contribution < -0.4 is 5.73 Å². The Morgan fingerprint density at radius 3 is 2.47 bits per heavy atom. The van der Waals surface area contributed by atoms with Gasteiger partial charge in [-0.15, -0.1) is 0 Å². The minimum Gasteiger partial charge on any atom is -0.383 e. The molecule has 2 aliphatic rings. The van der Waals surface area contributed by atoms with E-state index < -0.39 is 9.84 Å². The number of nitrogens with zero attached hydrogens (tertiary/aromatic N) is 2. The molecule has 30 heavy (non-hydrogen) atoms. The van der Waals surface area contributed by atoms with Crippen LogP contribution in [-0.4, -0.2) is 20.0 Å². The summed E-state index contributed by atoms with van der Waals surface area (Å²) in [5.41, 5.74) is 12.3. The standard InChI is InChI=1S/C24H27N3O2S/c1-15-11-20(30(28,29)14-18-5-3-17(12-25)4-6-18)8-10-21(15)22-9-7-19-13-27-24(26)23(19)16(22)2/h7-11,17-18H,3-6,13-14H2,1-2H3,(H2,26,27). The van der Waals surface area contributed by atoms with Gasteiger partial charge in [0.15, 0.2) is 9.84 Å². The average Bonchev–Trinajstić information content (AvgIpc) is 3.10. The molecule has 5 nitrogen and oxygen atoms in total. The number of nitrogens with two attached hydrogens (primary N) is 1. The predicted molar refractivity (Wildman–Crippen MR) is 119 cm³/mol. The lowest BCUT2D eigenvalue weighted by molar-refractivity contribution is 0.336. The van der Waals surface area contributed by atoms with Crippen molar-refractivity contribution in [2.45, 2.75) is 51.0 Å². The van der Waals surface area contributed by atoms with Crippen molar-refractivity contribution in [1.29, 1.82) is 5.26 Å². The molecule has 1 heterocycles. The number of benzene rings is 2. The highest BCUT2D eigenvalue weighted by Crippen LogP contribution is 2.35. The Labute approximate surface area is 178 Å². The van der Waals surface area contributed by atoms with Gasteiger partial charge in [0.25, 0.3) is 0 Å². The summed E-state index contributed by atoms with van der Waals surface area (Å²) in [6.45, 7) is 4.62. The highest BCUT2D eigenvalue weighted by atomic mass is 32.2. The maximum absolute atomic E-state index is 13.0. The molecular weight excluding hydrogens is 394 g/mol. The van der Waals surface area contributed by atoms with E-state index in [-0.39, 0.29) is 17.6 Å². The van der Waals surface area contributed by atoms with Crippen LogP contribution in [0, 0.1) is 37.0 Å². The number of hydrogen-bond acceptors (Lipinski definition) is 5. The molecule has 1 aliphatic carbocycles. The monoisotopic (exact) mass is 421 g/mol. The average molecular weight is 422 g/mol. The normalized spacial score (nSPS) is 21.0. The lowest BCUT2D eigenvalue weighted by Gasteiger charge is -2.24. The van der Waals surface area contributed by atoms with Crippen LogP contribution in [0.15, 0.2) is 40.2 Å². The zero-order valence-corrected chi connectivity index (χ0v) is 18.3. The Bertz CT molecular complexity index is 1170. The first kappa shape index (κ1) is 20.6. The van der Waals surface area contributed by atoms with Crippen molar-refractivity contribution in [3.63, 3.8) is 0 Å². The molecule has 0 unspecified atom stereocenters. The van der Waals surface area contributed by atoms with Crippen molar-refractivity contribution >= 4 is 15.7 Å². The Morgan fingerprint density at radius 1 is 1.10 bits per heavy atom. The van der Waals surface area contributed by atoms with Gasteiger partial charge in [0.1, 0.15) is 5.84 Å². The van der Waals surface area contributed by atoms with Gasteiger partial charge < -0.3 is 5.73 Å². The van der Waals surface area contributed by atoms with Crippen molar-refractivity contribution in [1.82, 2.24) is 0 Å². The number of aryl methyl sites for hydroxylation is 1. The molecule has 0 radical (unpaired) electrons. The van der Waals surface area contributed by atoms with Crippen LogP contribution in [0.2, 0.25) is 0 Å². The molecule has 0 saturated heterocycles. The smallest absolute Gasteiger partial charge is 0.178 e. The fourth-order valence-corrected chi connectivity index (χ4v) is 6.57. The summed E-state index contributed by atoms with van der Waals surface area (Å²) >= 11 is 0. The molecule has 1 saturated carbocycles. The number of fused-ring (bicyclic) bond motifs is 1. The highest BCUT2D eigenvalue weighted by molar-refractivity contribution is 7.91. The maximum Gasteiger partial charge on any atom is 0.178 e. The van der Waals surface area contributed by atoms with E-state index in [0.29, 0.717) is 17.3 Å². The van der Waals surface area contributed by atoms with Crippen LogP contribution in [0.4, 0.5) is 0 Å². The fourth-order valence-electron chi connectivity index (χ4n) is 4.79. The van der Waals surface area contributed by atoms with E-state index in [1.165, 1.54) is 0 Å². The summed E-state index contributed by atoms with van der Waals surface area (Å²) in [4.78, 5) is 4.71. The summed E-state index contributed by atoms with van der Waals surface area (Å²) in [5.74, 6) is 0.961. The van der Waals surface area contributed by atoms with Gasteiger partial charge in [0.2, 0.25) is 0 Å². The SMILES string of the molecule is Cc1cc(S(=O)(=O)CC2CCC(C#N)CC2)ccc1-c1ccc2c(c1C)C(N)=NC2. The lowest BCUT2D eigenvalue weighted by atomic mass is 9.84. The zero-order chi connectivity index (χ0) is 21.5.